The number of nitrogens with one attached hydrogen (secondary N) is 1. The Labute approximate surface area is 96.9 Å². The molecule has 0 saturated heterocycles. The Morgan fingerprint density at radius 3 is 3.00 bits per heavy atom. The van der Waals surface area contributed by atoms with Crippen molar-refractivity contribution in [2.24, 2.45) is 0 Å². The van der Waals surface area contributed by atoms with Gasteiger partial charge in [0.25, 0.3) is 0 Å². The summed E-state index contributed by atoms with van der Waals surface area (Å²) >= 11 is 0. The molecule has 4 heteroatoms. The summed E-state index contributed by atoms with van der Waals surface area (Å²) in [5.74, 6) is 0.871. The molecule has 0 aromatic carbocycles. The molecular weight excluding hydrogens is 200 g/mol. The number of nitriles is 1. The summed E-state index contributed by atoms with van der Waals surface area (Å²) in [7, 11) is 1.99. The highest BCUT2D eigenvalue weighted by Gasteiger charge is 2.09. The van der Waals surface area contributed by atoms with Gasteiger partial charge in [-0.15, -0.1) is 0 Å². The molecule has 0 aliphatic rings. The molecule has 0 spiro atoms. The number of anilines is 2. The molecule has 1 heterocycles. The van der Waals surface area contributed by atoms with E-state index in [1.165, 1.54) is 0 Å². The van der Waals surface area contributed by atoms with E-state index in [4.69, 9.17) is 5.26 Å². The maximum Gasteiger partial charge on any atom is 0.127 e. The SMILES string of the molecule is CCNc1cc(N(C)C(C)CC#N)ccn1. The van der Waals surface area contributed by atoms with Gasteiger partial charge in [-0.1, -0.05) is 0 Å². The summed E-state index contributed by atoms with van der Waals surface area (Å²) in [6.07, 6.45) is 2.30. The van der Waals surface area contributed by atoms with Crippen molar-refractivity contribution in [3.8, 4) is 6.07 Å². The van der Waals surface area contributed by atoms with Crippen molar-refractivity contribution < 1.29 is 0 Å². The summed E-state index contributed by atoms with van der Waals surface area (Å²) < 4.78 is 0. The maximum atomic E-state index is 8.67. The first-order chi connectivity index (χ1) is 7.69. The molecule has 1 unspecified atom stereocenters. The Morgan fingerprint density at radius 2 is 2.38 bits per heavy atom. The molecule has 1 aromatic rings. The minimum absolute atomic E-state index is 0.210. The quantitative estimate of drug-likeness (QED) is 0.823. The highest BCUT2D eigenvalue weighted by Crippen LogP contribution is 2.18. The summed E-state index contributed by atoms with van der Waals surface area (Å²) in [6, 6.07) is 6.35. The number of aromatic nitrogens is 1. The number of hydrogen-bond acceptors (Lipinski definition) is 4. The van der Waals surface area contributed by atoms with Crippen LogP contribution in [0.5, 0.6) is 0 Å². The first kappa shape index (κ1) is 12.3. The molecule has 1 aromatic heterocycles. The second-order valence-electron chi connectivity index (χ2n) is 3.75. The molecule has 0 saturated carbocycles. The molecule has 16 heavy (non-hydrogen) atoms. The van der Waals surface area contributed by atoms with Crippen molar-refractivity contribution >= 4 is 11.5 Å². The van der Waals surface area contributed by atoms with Gasteiger partial charge in [-0.25, -0.2) is 4.98 Å². The minimum atomic E-state index is 0.210. The normalized spacial score (nSPS) is 11.6. The fourth-order valence-corrected chi connectivity index (χ4v) is 1.44. The second kappa shape index (κ2) is 5.96. The van der Waals surface area contributed by atoms with Gasteiger partial charge >= 0.3 is 0 Å². The Kier molecular flexibility index (Phi) is 4.59. The summed E-state index contributed by atoms with van der Waals surface area (Å²) in [5, 5.41) is 11.8. The molecule has 0 radical (unpaired) electrons. The van der Waals surface area contributed by atoms with E-state index in [1.807, 2.05) is 33.0 Å². The zero-order valence-electron chi connectivity index (χ0n) is 10.1. The maximum absolute atomic E-state index is 8.67. The largest absolute Gasteiger partial charge is 0.371 e. The minimum Gasteiger partial charge on any atom is -0.371 e. The molecule has 1 N–H and O–H groups in total. The number of pyridine rings is 1. The molecule has 4 nitrogen and oxygen atoms in total. The van der Waals surface area contributed by atoms with Crippen LogP contribution < -0.4 is 10.2 Å². The van der Waals surface area contributed by atoms with Gasteiger partial charge in [-0.2, -0.15) is 5.26 Å². The molecule has 0 aliphatic heterocycles. The molecule has 0 aliphatic carbocycles. The Morgan fingerprint density at radius 1 is 1.62 bits per heavy atom. The van der Waals surface area contributed by atoms with Gasteiger partial charge < -0.3 is 10.2 Å². The molecule has 1 rings (SSSR count). The lowest BCUT2D eigenvalue weighted by Gasteiger charge is -2.25. The van der Waals surface area contributed by atoms with E-state index >= 15 is 0 Å². The lowest BCUT2D eigenvalue weighted by atomic mass is 10.2. The van der Waals surface area contributed by atoms with Crippen LogP contribution in [0.3, 0.4) is 0 Å². The second-order valence-corrected chi connectivity index (χ2v) is 3.75. The first-order valence-electron chi connectivity index (χ1n) is 5.48. The zero-order valence-corrected chi connectivity index (χ0v) is 10.1. The van der Waals surface area contributed by atoms with E-state index in [-0.39, 0.29) is 6.04 Å². The van der Waals surface area contributed by atoms with Gasteiger partial charge in [0.1, 0.15) is 5.82 Å². The van der Waals surface area contributed by atoms with Crippen LogP contribution in [-0.2, 0) is 0 Å². The average molecular weight is 218 g/mol. The van der Waals surface area contributed by atoms with Crippen molar-refractivity contribution in [1.82, 2.24) is 4.98 Å². The van der Waals surface area contributed by atoms with Crippen LogP contribution in [0.2, 0.25) is 0 Å². The third kappa shape index (κ3) is 3.13. The van der Waals surface area contributed by atoms with Crippen molar-refractivity contribution in [3.63, 3.8) is 0 Å². The van der Waals surface area contributed by atoms with Gasteiger partial charge in [0, 0.05) is 37.6 Å². The van der Waals surface area contributed by atoms with Gasteiger partial charge in [0.2, 0.25) is 0 Å². The number of hydrogen-bond donors (Lipinski definition) is 1. The van der Waals surface area contributed by atoms with E-state index in [2.05, 4.69) is 21.3 Å². The zero-order chi connectivity index (χ0) is 12.0. The first-order valence-corrected chi connectivity index (χ1v) is 5.48. The summed E-state index contributed by atoms with van der Waals surface area (Å²) in [5.41, 5.74) is 1.08. The number of rotatable bonds is 5. The monoisotopic (exact) mass is 218 g/mol. The van der Waals surface area contributed by atoms with E-state index < -0.39 is 0 Å². The van der Waals surface area contributed by atoms with Crippen molar-refractivity contribution in [2.75, 3.05) is 23.8 Å². The highest BCUT2D eigenvalue weighted by molar-refractivity contribution is 5.53. The molecule has 0 bridgehead atoms. The summed E-state index contributed by atoms with van der Waals surface area (Å²) in [6.45, 7) is 4.93. The van der Waals surface area contributed by atoms with Crippen molar-refractivity contribution in [1.29, 1.82) is 5.26 Å². The summed E-state index contributed by atoms with van der Waals surface area (Å²) in [4.78, 5) is 6.30. The predicted octanol–water partition coefficient (Wildman–Crippen LogP) is 2.25. The van der Waals surface area contributed by atoms with Gasteiger partial charge in [0.15, 0.2) is 0 Å². The van der Waals surface area contributed by atoms with Crippen molar-refractivity contribution in [3.05, 3.63) is 18.3 Å². The van der Waals surface area contributed by atoms with E-state index in [1.54, 1.807) is 6.20 Å². The van der Waals surface area contributed by atoms with Crippen LogP contribution in [0.15, 0.2) is 18.3 Å². The fraction of sp³-hybridized carbons (Fsp3) is 0.500. The highest BCUT2D eigenvalue weighted by atomic mass is 15.1. The van der Waals surface area contributed by atoms with E-state index in [0.29, 0.717) is 6.42 Å². The van der Waals surface area contributed by atoms with Crippen LogP contribution in [0.25, 0.3) is 0 Å². The molecule has 0 fully saturated rings. The van der Waals surface area contributed by atoms with Crippen LogP contribution in [0.4, 0.5) is 11.5 Å². The third-order valence-corrected chi connectivity index (χ3v) is 2.56. The Balaban J connectivity index is 2.79. The standard InChI is InChI=1S/C12H18N4/c1-4-14-12-9-11(6-8-15-12)16(3)10(2)5-7-13/h6,8-10H,4-5H2,1-3H3,(H,14,15). The molecule has 1 atom stereocenters. The smallest absolute Gasteiger partial charge is 0.127 e. The third-order valence-electron chi connectivity index (χ3n) is 2.56. The number of nitrogens with zero attached hydrogens (tertiary/aromatic N) is 3. The molecular formula is C12H18N4. The fourth-order valence-electron chi connectivity index (χ4n) is 1.44. The van der Waals surface area contributed by atoms with Gasteiger partial charge in [-0.05, 0) is 19.9 Å². The van der Waals surface area contributed by atoms with Gasteiger partial charge in [0.05, 0.1) is 12.5 Å². The van der Waals surface area contributed by atoms with Gasteiger partial charge in [-0.3, -0.25) is 0 Å². The van der Waals surface area contributed by atoms with E-state index in [9.17, 15) is 0 Å². The topological polar surface area (TPSA) is 52.0 Å². The van der Waals surface area contributed by atoms with Crippen LogP contribution in [-0.4, -0.2) is 24.6 Å². The van der Waals surface area contributed by atoms with Crippen LogP contribution in [0, 0.1) is 11.3 Å². The molecule has 0 amide bonds. The molecule has 86 valence electrons. The Bertz CT molecular complexity index is 370. The average Bonchev–Trinajstić information content (AvgIpc) is 2.29. The Hall–Kier alpha value is -1.76. The van der Waals surface area contributed by atoms with Crippen molar-refractivity contribution in [2.45, 2.75) is 26.3 Å². The van der Waals surface area contributed by atoms with Crippen LogP contribution in [0.1, 0.15) is 20.3 Å². The lowest BCUT2D eigenvalue weighted by Crippen LogP contribution is -2.28. The van der Waals surface area contributed by atoms with E-state index in [0.717, 1.165) is 18.1 Å². The van der Waals surface area contributed by atoms with Crippen LogP contribution >= 0.6 is 0 Å². The predicted molar refractivity (Wildman–Crippen MR) is 66.5 cm³/mol. The lowest BCUT2D eigenvalue weighted by molar-refractivity contribution is 0.702.